The average molecular weight is 138 g/mol. The first-order valence-corrected chi connectivity index (χ1v) is 3.62. The quantitative estimate of drug-likeness (QED) is 0.497. The fourth-order valence-corrected chi connectivity index (χ4v) is 1.68. The number of hydrogen-bond donors (Lipinski definition) is 0. The van der Waals surface area contributed by atoms with Gasteiger partial charge in [-0.2, -0.15) is 0 Å². The molecule has 2 heteroatoms. The Bertz CT molecular complexity index is 205. The predicted octanol–water partition coefficient (Wildman–Crippen LogP) is 0.920. The van der Waals surface area contributed by atoms with Crippen molar-refractivity contribution in [3.8, 4) is 0 Å². The maximum absolute atomic E-state index is 10.9. The molecular weight excluding hydrogens is 128 g/mol. The third-order valence-electron chi connectivity index (χ3n) is 2.32. The van der Waals surface area contributed by atoms with Gasteiger partial charge in [0.15, 0.2) is 5.78 Å². The van der Waals surface area contributed by atoms with Gasteiger partial charge < -0.3 is 4.74 Å². The Morgan fingerprint density at radius 2 is 2.50 bits per heavy atom. The van der Waals surface area contributed by atoms with Gasteiger partial charge in [-0.1, -0.05) is 0 Å². The minimum Gasteiger partial charge on any atom is -0.374 e. The van der Waals surface area contributed by atoms with Crippen LogP contribution in [0.4, 0.5) is 0 Å². The Hall–Kier alpha value is -0.630. The third kappa shape index (κ3) is 0.721. The lowest BCUT2D eigenvalue weighted by molar-refractivity contribution is -0.115. The van der Waals surface area contributed by atoms with Crippen molar-refractivity contribution >= 4 is 5.78 Å². The molecule has 54 valence electrons. The zero-order valence-electron chi connectivity index (χ0n) is 5.96. The largest absolute Gasteiger partial charge is 0.374 e. The van der Waals surface area contributed by atoms with Crippen LogP contribution in [0.15, 0.2) is 11.6 Å². The summed E-state index contributed by atoms with van der Waals surface area (Å²) in [6.07, 6.45) is 2.68. The van der Waals surface area contributed by atoms with E-state index in [0.717, 1.165) is 0 Å². The second-order valence-electron chi connectivity index (χ2n) is 3.01. The molecule has 0 bridgehead atoms. The van der Waals surface area contributed by atoms with E-state index in [1.807, 2.05) is 6.92 Å². The first kappa shape index (κ1) is 6.10. The van der Waals surface area contributed by atoms with Crippen LogP contribution in [-0.2, 0) is 9.53 Å². The molecule has 10 heavy (non-hydrogen) atoms. The summed E-state index contributed by atoms with van der Waals surface area (Å²) in [5, 5.41) is 0. The molecule has 1 saturated heterocycles. The summed E-state index contributed by atoms with van der Waals surface area (Å²) in [6.45, 7) is 2.71. The SMILES string of the molecule is C[C@H]1OCC2=CC(=O)C[C@H]21. The fourth-order valence-electron chi connectivity index (χ4n) is 1.68. The molecule has 0 N–H and O–H groups in total. The van der Waals surface area contributed by atoms with Crippen LogP contribution in [0.5, 0.6) is 0 Å². The van der Waals surface area contributed by atoms with Gasteiger partial charge >= 0.3 is 0 Å². The highest BCUT2D eigenvalue weighted by molar-refractivity contribution is 5.93. The van der Waals surface area contributed by atoms with Crippen molar-refractivity contribution < 1.29 is 9.53 Å². The molecule has 1 aliphatic heterocycles. The van der Waals surface area contributed by atoms with Crippen molar-refractivity contribution in [3.63, 3.8) is 0 Å². The van der Waals surface area contributed by atoms with Crippen LogP contribution < -0.4 is 0 Å². The normalized spacial score (nSPS) is 38.1. The predicted molar refractivity (Wildman–Crippen MR) is 36.6 cm³/mol. The number of carbonyl (C=O) groups excluding carboxylic acids is 1. The Balaban J connectivity index is 2.26. The molecule has 0 amide bonds. The highest BCUT2D eigenvalue weighted by atomic mass is 16.5. The van der Waals surface area contributed by atoms with E-state index in [2.05, 4.69) is 0 Å². The summed E-state index contributed by atoms with van der Waals surface area (Å²) < 4.78 is 5.35. The van der Waals surface area contributed by atoms with E-state index >= 15 is 0 Å². The number of allylic oxidation sites excluding steroid dienone is 1. The molecule has 0 aromatic carbocycles. The van der Waals surface area contributed by atoms with Gasteiger partial charge in [-0.05, 0) is 18.6 Å². The van der Waals surface area contributed by atoms with Crippen molar-refractivity contribution in [1.29, 1.82) is 0 Å². The van der Waals surface area contributed by atoms with Crippen molar-refractivity contribution in [2.24, 2.45) is 5.92 Å². The number of ether oxygens (including phenoxy) is 1. The number of rotatable bonds is 0. The van der Waals surface area contributed by atoms with Crippen LogP contribution in [0.25, 0.3) is 0 Å². The Kier molecular flexibility index (Phi) is 1.17. The summed E-state index contributed by atoms with van der Waals surface area (Å²) >= 11 is 0. The maximum atomic E-state index is 10.9. The Labute approximate surface area is 59.9 Å². The minimum atomic E-state index is 0.262. The first-order chi connectivity index (χ1) is 4.77. The molecule has 0 aromatic heterocycles. The molecule has 2 atom stereocenters. The van der Waals surface area contributed by atoms with Crippen LogP contribution in [0.3, 0.4) is 0 Å². The molecular formula is C8H10O2. The van der Waals surface area contributed by atoms with E-state index in [1.165, 1.54) is 5.57 Å². The van der Waals surface area contributed by atoms with E-state index < -0.39 is 0 Å². The standard InChI is InChI=1S/C8H10O2/c1-5-8-3-7(9)2-6(8)4-10-5/h2,5,8H,3-4H2,1H3/t5-,8+/m1/s1. The second-order valence-corrected chi connectivity index (χ2v) is 3.01. The van der Waals surface area contributed by atoms with E-state index in [4.69, 9.17) is 4.74 Å². The van der Waals surface area contributed by atoms with Crippen LogP contribution in [-0.4, -0.2) is 18.5 Å². The average Bonchev–Trinajstić information content (AvgIpc) is 2.35. The molecule has 1 aliphatic carbocycles. The number of fused-ring (bicyclic) bond motifs is 1. The van der Waals surface area contributed by atoms with Gasteiger partial charge in [0.25, 0.3) is 0 Å². The second kappa shape index (κ2) is 1.92. The van der Waals surface area contributed by atoms with Crippen LogP contribution in [0, 0.1) is 5.92 Å². The summed E-state index contributed by atoms with van der Waals surface area (Å²) in [5.41, 5.74) is 1.21. The molecule has 0 unspecified atom stereocenters. The highest BCUT2D eigenvalue weighted by Gasteiger charge is 2.34. The molecule has 1 fully saturated rings. The van der Waals surface area contributed by atoms with Crippen LogP contribution >= 0.6 is 0 Å². The lowest BCUT2D eigenvalue weighted by Crippen LogP contribution is -2.11. The third-order valence-corrected chi connectivity index (χ3v) is 2.32. The molecule has 2 aliphatic rings. The highest BCUT2D eigenvalue weighted by Crippen LogP contribution is 2.33. The molecule has 0 spiro atoms. The first-order valence-electron chi connectivity index (χ1n) is 3.62. The maximum Gasteiger partial charge on any atom is 0.156 e. The molecule has 1 heterocycles. The van der Waals surface area contributed by atoms with Crippen molar-refractivity contribution in [2.75, 3.05) is 6.61 Å². The molecule has 2 nitrogen and oxygen atoms in total. The summed E-state index contributed by atoms with van der Waals surface area (Å²) in [5.74, 6) is 0.683. The van der Waals surface area contributed by atoms with Crippen molar-refractivity contribution in [1.82, 2.24) is 0 Å². The van der Waals surface area contributed by atoms with E-state index in [1.54, 1.807) is 6.08 Å². The van der Waals surface area contributed by atoms with Gasteiger partial charge in [-0.15, -0.1) is 0 Å². The van der Waals surface area contributed by atoms with Crippen molar-refractivity contribution in [3.05, 3.63) is 11.6 Å². The van der Waals surface area contributed by atoms with E-state index in [0.29, 0.717) is 18.9 Å². The molecule has 0 aromatic rings. The topological polar surface area (TPSA) is 26.3 Å². The zero-order valence-corrected chi connectivity index (χ0v) is 5.96. The summed E-state index contributed by atoms with van der Waals surface area (Å²) in [4.78, 5) is 10.9. The van der Waals surface area contributed by atoms with Crippen LogP contribution in [0.2, 0.25) is 0 Å². The fraction of sp³-hybridized carbons (Fsp3) is 0.625. The van der Waals surface area contributed by atoms with Gasteiger partial charge in [0.2, 0.25) is 0 Å². The smallest absolute Gasteiger partial charge is 0.156 e. The summed E-state index contributed by atoms with van der Waals surface area (Å²) in [7, 11) is 0. The van der Waals surface area contributed by atoms with Gasteiger partial charge in [-0.3, -0.25) is 4.79 Å². The minimum absolute atomic E-state index is 0.262. The van der Waals surface area contributed by atoms with E-state index in [-0.39, 0.29) is 11.9 Å². The van der Waals surface area contributed by atoms with Gasteiger partial charge in [-0.25, -0.2) is 0 Å². The van der Waals surface area contributed by atoms with E-state index in [9.17, 15) is 4.79 Å². The summed E-state index contributed by atoms with van der Waals surface area (Å²) in [6, 6.07) is 0. The van der Waals surface area contributed by atoms with Gasteiger partial charge in [0, 0.05) is 12.3 Å². The Morgan fingerprint density at radius 1 is 1.70 bits per heavy atom. The van der Waals surface area contributed by atoms with Crippen LogP contribution in [0.1, 0.15) is 13.3 Å². The Morgan fingerprint density at radius 3 is 3.20 bits per heavy atom. The number of hydrogen-bond acceptors (Lipinski definition) is 2. The lowest BCUT2D eigenvalue weighted by atomic mass is 10.00. The number of carbonyl (C=O) groups is 1. The van der Waals surface area contributed by atoms with Crippen molar-refractivity contribution in [2.45, 2.75) is 19.4 Å². The number of ketones is 1. The van der Waals surface area contributed by atoms with Gasteiger partial charge in [0.1, 0.15) is 0 Å². The molecule has 0 saturated carbocycles. The van der Waals surface area contributed by atoms with Gasteiger partial charge in [0.05, 0.1) is 12.7 Å². The zero-order chi connectivity index (χ0) is 7.14. The lowest BCUT2D eigenvalue weighted by Gasteiger charge is -2.07. The molecule has 2 rings (SSSR count). The monoisotopic (exact) mass is 138 g/mol. The molecule has 0 radical (unpaired) electrons.